The lowest BCUT2D eigenvalue weighted by molar-refractivity contribution is 0.670. The summed E-state index contributed by atoms with van der Waals surface area (Å²) in [5, 5.41) is 2.20. The fourth-order valence-corrected chi connectivity index (χ4v) is 9.93. The van der Waals surface area contributed by atoms with Gasteiger partial charge >= 0.3 is 0 Å². The molecule has 3 nitrogen and oxygen atoms in total. The maximum atomic E-state index is 6.55. The van der Waals surface area contributed by atoms with Gasteiger partial charge in [0.15, 0.2) is 5.82 Å². The topological polar surface area (TPSA) is 38.9 Å². The van der Waals surface area contributed by atoms with Crippen molar-refractivity contribution in [3.05, 3.63) is 253 Å². The zero-order valence-electron chi connectivity index (χ0n) is 33.7. The Hall–Kier alpha value is -8.14. The Balaban J connectivity index is 1.04. The predicted octanol–water partition coefficient (Wildman–Crippen LogP) is 15.1. The normalized spacial score (nSPS) is 12.6. The summed E-state index contributed by atoms with van der Waals surface area (Å²) in [6.07, 6.45) is 0. The molecule has 290 valence electrons. The maximum absolute atomic E-state index is 6.55. The molecule has 0 spiro atoms. The van der Waals surface area contributed by atoms with Gasteiger partial charge in [0.1, 0.15) is 11.2 Å². The number of fused-ring (bicyclic) bond motifs is 6. The number of hydrogen-bond donors (Lipinski definition) is 0. The van der Waals surface area contributed by atoms with Crippen molar-refractivity contribution in [3.8, 4) is 67.3 Å². The van der Waals surface area contributed by atoms with Crippen LogP contribution < -0.4 is 0 Å². The highest BCUT2D eigenvalue weighted by atomic mass is 16.3. The smallest absolute Gasteiger partial charge is 0.160 e. The van der Waals surface area contributed by atoms with Crippen LogP contribution in [-0.2, 0) is 5.41 Å². The zero-order valence-corrected chi connectivity index (χ0v) is 33.7. The standard InChI is InChI=1S/C59H38N2O/c1-4-19-39(20-5-1)58-60-53(38-54(61-58)46-28-11-10-27-45(46)48-32-17-33-49-47-29-13-15-36-55(47)62-57(48)49)41-22-16-21-40(37-41)44-31-18-35-52-56(44)50-30-12-14-34-51(50)59(52,42-23-6-2-7-24-42)43-25-8-3-9-26-43/h1-38H. The minimum Gasteiger partial charge on any atom is -0.455 e. The van der Waals surface area contributed by atoms with Gasteiger partial charge in [-0.15, -0.1) is 0 Å². The van der Waals surface area contributed by atoms with E-state index in [9.17, 15) is 0 Å². The summed E-state index contributed by atoms with van der Waals surface area (Å²) in [5.74, 6) is 0.672. The molecule has 0 unspecified atom stereocenters. The molecule has 0 aliphatic heterocycles. The van der Waals surface area contributed by atoms with Crippen LogP contribution in [0, 0.1) is 0 Å². The van der Waals surface area contributed by atoms with Crippen LogP contribution in [-0.4, -0.2) is 9.97 Å². The van der Waals surface area contributed by atoms with Gasteiger partial charge in [-0.3, -0.25) is 0 Å². The van der Waals surface area contributed by atoms with Gasteiger partial charge in [0.25, 0.3) is 0 Å². The fraction of sp³-hybridized carbons (Fsp3) is 0.0169. The Morgan fingerprint density at radius 3 is 1.66 bits per heavy atom. The molecule has 62 heavy (non-hydrogen) atoms. The second-order valence-corrected chi connectivity index (χ2v) is 16.0. The Labute approximate surface area is 360 Å². The summed E-state index contributed by atoms with van der Waals surface area (Å²) in [6.45, 7) is 0. The van der Waals surface area contributed by atoms with Crippen LogP contribution in [0.25, 0.3) is 89.2 Å². The number of furan rings is 1. The molecule has 0 radical (unpaired) electrons. The highest BCUT2D eigenvalue weighted by molar-refractivity contribution is 6.10. The van der Waals surface area contributed by atoms with Crippen LogP contribution >= 0.6 is 0 Å². The summed E-state index contributed by atoms with van der Waals surface area (Å²) in [7, 11) is 0. The highest BCUT2D eigenvalue weighted by Crippen LogP contribution is 2.58. The average Bonchev–Trinajstić information content (AvgIpc) is 3.89. The molecular weight excluding hydrogens is 753 g/mol. The van der Waals surface area contributed by atoms with Gasteiger partial charge in [-0.2, -0.15) is 0 Å². The molecule has 0 saturated heterocycles. The van der Waals surface area contributed by atoms with Gasteiger partial charge in [0, 0.05) is 33.0 Å². The Kier molecular flexibility index (Phi) is 8.39. The first kappa shape index (κ1) is 35.8. The van der Waals surface area contributed by atoms with Crippen molar-refractivity contribution in [2.24, 2.45) is 0 Å². The molecule has 9 aromatic carbocycles. The van der Waals surface area contributed by atoms with Gasteiger partial charge in [0.2, 0.25) is 0 Å². The predicted molar refractivity (Wildman–Crippen MR) is 254 cm³/mol. The number of para-hydroxylation sites is 2. The third-order valence-corrected chi connectivity index (χ3v) is 12.6. The van der Waals surface area contributed by atoms with E-state index in [-0.39, 0.29) is 0 Å². The van der Waals surface area contributed by atoms with E-state index < -0.39 is 5.41 Å². The van der Waals surface area contributed by atoms with Gasteiger partial charge in [0.05, 0.1) is 16.8 Å². The van der Waals surface area contributed by atoms with Crippen LogP contribution in [0.1, 0.15) is 22.3 Å². The Morgan fingerprint density at radius 2 is 0.871 bits per heavy atom. The van der Waals surface area contributed by atoms with E-state index in [4.69, 9.17) is 14.4 Å². The molecular formula is C59H38N2O. The van der Waals surface area contributed by atoms with Crippen LogP contribution in [0.5, 0.6) is 0 Å². The second kappa shape index (κ2) is 14.5. The van der Waals surface area contributed by atoms with Crippen LogP contribution in [0.4, 0.5) is 0 Å². The quantitative estimate of drug-likeness (QED) is 0.161. The summed E-state index contributed by atoms with van der Waals surface area (Å²) < 4.78 is 6.55. The minimum atomic E-state index is -0.478. The van der Waals surface area contributed by atoms with Crippen molar-refractivity contribution in [2.75, 3.05) is 0 Å². The fourth-order valence-electron chi connectivity index (χ4n) is 9.93. The number of aromatic nitrogens is 2. The van der Waals surface area contributed by atoms with Crippen LogP contribution in [0.3, 0.4) is 0 Å². The van der Waals surface area contributed by atoms with Crippen molar-refractivity contribution in [2.45, 2.75) is 5.41 Å². The highest BCUT2D eigenvalue weighted by Gasteiger charge is 2.46. The number of hydrogen-bond acceptors (Lipinski definition) is 3. The van der Waals surface area contributed by atoms with Gasteiger partial charge in [-0.1, -0.05) is 212 Å². The van der Waals surface area contributed by atoms with Crippen LogP contribution in [0.15, 0.2) is 235 Å². The SMILES string of the molecule is c1ccc(-c2nc(-c3cccc(-c4cccc5c4-c4ccccc4C5(c4ccccc4)c4ccccc4)c3)cc(-c3ccccc3-c3cccc4c3oc3ccccc34)n2)cc1. The molecule has 0 amide bonds. The van der Waals surface area contributed by atoms with E-state index in [1.807, 2.05) is 30.3 Å². The molecule has 11 aromatic rings. The third-order valence-electron chi connectivity index (χ3n) is 12.6. The van der Waals surface area contributed by atoms with E-state index in [0.29, 0.717) is 5.82 Å². The van der Waals surface area contributed by atoms with Crippen molar-refractivity contribution < 1.29 is 4.42 Å². The van der Waals surface area contributed by atoms with Crippen molar-refractivity contribution in [3.63, 3.8) is 0 Å². The molecule has 0 atom stereocenters. The first-order valence-electron chi connectivity index (χ1n) is 21.2. The number of benzene rings is 9. The summed E-state index contributed by atoms with van der Waals surface area (Å²) in [5.41, 5.74) is 17.9. The van der Waals surface area contributed by atoms with E-state index in [2.05, 4.69) is 200 Å². The summed E-state index contributed by atoms with van der Waals surface area (Å²) in [6, 6.07) is 82.1. The molecule has 0 fully saturated rings. The molecule has 0 N–H and O–H groups in total. The van der Waals surface area contributed by atoms with E-state index in [0.717, 1.165) is 66.7 Å². The second-order valence-electron chi connectivity index (χ2n) is 16.0. The molecule has 0 bridgehead atoms. The lowest BCUT2D eigenvalue weighted by Crippen LogP contribution is -2.28. The first-order valence-corrected chi connectivity index (χ1v) is 21.2. The Bertz CT molecular complexity index is 3420. The molecule has 3 heteroatoms. The number of rotatable bonds is 7. The largest absolute Gasteiger partial charge is 0.455 e. The van der Waals surface area contributed by atoms with Crippen molar-refractivity contribution in [1.82, 2.24) is 9.97 Å². The molecule has 2 heterocycles. The minimum absolute atomic E-state index is 0.478. The summed E-state index contributed by atoms with van der Waals surface area (Å²) >= 11 is 0. The first-order chi connectivity index (χ1) is 30.8. The monoisotopic (exact) mass is 790 g/mol. The van der Waals surface area contributed by atoms with Crippen molar-refractivity contribution in [1.29, 1.82) is 0 Å². The molecule has 2 aromatic heterocycles. The van der Waals surface area contributed by atoms with Gasteiger partial charge in [-0.25, -0.2) is 9.97 Å². The van der Waals surface area contributed by atoms with Gasteiger partial charge < -0.3 is 4.42 Å². The lowest BCUT2D eigenvalue weighted by Gasteiger charge is -2.34. The molecule has 1 aliphatic rings. The lowest BCUT2D eigenvalue weighted by atomic mass is 9.67. The summed E-state index contributed by atoms with van der Waals surface area (Å²) in [4.78, 5) is 10.6. The van der Waals surface area contributed by atoms with E-state index >= 15 is 0 Å². The van der Waals surface area contributed by atoms with Gasteiger partial charge in [-0.05, 0) is 68.3 Å². The van der Waals surface area contributed by atoms with E-state index in [1.165, 1.54) is 38.9 Å². The Morgan fingerprint density at radius 1 is 0.339 bits per heavy atom. The van der Waals surface area contributed by atoms with Crippen LogP contribution in [0.2, 0.25) is 0 Å². The maximum Gasteiger partial charge on any atom is 0.160 e. The van der Waals surface area contributed by atoms with Crippen molar-refractivity contribution >= 4 is 21.9 Å². The van der Waals surface area contributed by atoms with E-state index in [1.54, 1.807) is 0 Å². The molecule has 0 saturated carbocycles. The average molecular weight is 791 g/mol. The third kappa shape index (κ3) is 5.59. The molecule has 1 aliphatic carbocycles. The number of nitrogens with zero attached hydrogens (tertiary/aromatic N) is 2. The zero-order chi connectivity index (χ0) is 41.0. The molecule has 12 rings (SSSR count).